The van der Waals surface area contributed by atoms with Gasteiger partial charge in [0.2, 0.25) is 0 Å². The highest BCUT2D eigenvalue weighted by atomic mass is 16.3. The lowest BCUT2D eigenvalue weighted by atomic mass is 10.0. The molecule has 4 aromatic rings. The van der Waals surface area contributed by atoms with Gasteiger partial charge in [0.1, 0.15) is 5.76 Å². The van der Waals surface area contributed by atoms with Gasteiger partial charge < -0.3 is 8.98 Å². The van der Waals surface area contributed by atoms with E-state index < -0.39 is 0 Å². The Kier molecular flexibility index (Phi) is 4.18. The van der Waals surface area contributed by atoms with E-state index in [0.29, 0.717) is 5.82 Å². The highest BCUT2D eigenvalue weighted by Gasteiger charge is 2.21. The van der Waals surface area contributed by atoms with Crippen molar-refractivity contribution in [2.24, 2.45) is 0 Å². The second kappa shape index (κ2) is 6.79. The van der Waals surface area contributed by atoms with E-state index >= 15 is 0 Å². The van der Waals surface area contributed by atoms with Gasteiger partial charge in [-0.15, -0.1) is 10.2 Å². The Hall–Kier alpha value is -3.48. The number of tetrazole rings is 1. The highest BCUT2D eigenvalue weighted by Crippen LogP contribution is 2.32. The highest BCUT2D eigenvalue weighted by molar-refractivity contribution is 5.84. The second-order valence-corrected chi connectivity index (χ2v) is 6.00. The molecule has 0 spiro atoms. The van der Waals surface area contributed by atoms with Gasteiger partial charge >= 0.3 is 0 Å². The van der Waals surface area contributed by atoms with Gasteiger partial charge in [-0.2, -0.15) is 5.21 Å². The third-order valence-corrected chi connectivity index (χ3v) is 4.27. The molecule has 0 aliphatic rings. The Morgan fingerprint density at radius 3 is 2.73 bits per heavy atom. The number of aromatic amines is 1. The van der Waals surface area contributed by atoms with Gasteiger partial charge in [0, 0.05) is 5.56 Å². The third kappa shape index (κ3) is 2.95. The molecule has 7 nitrogen and oxygen atoms in total. The number of H-pyrrole nitrogens is 1. The minimum absolute atomic E-state index is 0.117. The smallest absolute Gasteiger partial charge is 0.197 e. The van der Waals surface area contributed by atoms with Crippen LogP contribution in [0, 0.1) is 0 Å². The summed E-state index contributed by atoms with van der Waals surface area (Å²) < 4.78 is 7.53. The molecule has 0 aliphatic carbocycles. The monoisotopic (exact) mass is 346 g/mol. The molecule has 1 atom stereocenters. The minimum Gasteiger partial charge on any atom is -0.465 e. The van der Waals surface area contributed by atoms with Crippen molar-refractivity contribution in [3.8, 4) is 11.3 Å². The SMILES string of the molecule is C/C(=C\c1ccco1)c1c(-c2ccccc2)ncn1[C@H](C)c1nn[nH]n1. The fraction of sp³-hybridized carbons (Fsp3) is 0.158. The molecule has 0 aliphatic heterocycles. The number of nitrogens with zero attached hydrogens (tertiary/aromatic N) is 5. The molecular weight excluding hydrogens is 328 g/mol. The van der Waals surface area contributed by atoms with E-state index in [9.17, 15) is 0 Å². The van der Waals surface area contributed by atoms with Gasteiger partial charge in [-0.05, 0) is 37.6 Å². The number of hydrogen-bond acceptors (Lipinski definition) is 5. The van der Waals surface area contributed by atoms with E-state index in [2.05, 4.69) is 42.3 Å². The number of imidazole rings is 1. The van der Waals surface area contributed by atoms with E-state index in [1.165, 1.54) is 0 Å². The summed E-state index contributed by atoms with van der Waals surface area (Å²) in [6.45, 7) is 4.07. The molecule has 130 valence electrons. The summed E-state index contributed by atoms with van der Waals surface area (Å²) in [7, 11) is 0. The lowest BCUT2D eigenvalue weighted by Gasteiger charge is -2.15. The Bertz CT molecular complexity index is 1000. The van der Waals surface area contributed by atoms with E-state index in [1.807, 2.05) is 56.6 Å². The predicted molar refractivity (Wildman–Crippen MR) is 97.9 cm³/mol. The van der Waals surface area contributed by atoms with Gasteiger partial charge in [0.05, 0.1) is 30.0 Å². The molecule has 26 heavy (non-hydrogen) atoms. The van der Waals surface area contributed by atoms with Gasteiger partial charge in [-0.25, -0.2) is 4.98 Å². The molecule has 0 saturated heterocycles. The van der Waals surface area contributed by atoms with Crippen LogP contribution in [-0.4, -0.2) is 30.2 Å². The first-order valence-electron chi connectivity index (χ1n) is 8.32. The van der Waals surface area contributed by atoms with Crippen LogP contribution in [0.15, 0.2) is 59.5 Å². The fourth-order valence-corrected chi connectivity index (χ4v) is 2.98. The normalized spacial score (nSPS) is 13.1. The van der Waals surface area contributed by atoms with E-state index in [-0.39, 0.29) is 6.04 Å². The number of aromatic nitrogens is 6. The molecule has 0 bridgehead atoms. The lowest BCUT2D eigenvalue weighted by molar-refractivity contribution is 0.557. The summed E-state index contributed by atoms with van der Waals surface area (Å²) in [5.74, 6) is 1.40. The molecule has 0 fully saturated rings. The van der Waals surface area contributed by atoms with Crippen molar-refractivity contribution in [2.45, 2.75) is 19.9 Å². The van der Waals surface area contributed by atoms with Crippen LogP contribution in [0.1, 0.15) is 37.2 Å². The summed E-state index contributed by atoms with van der Waals surface area (Å²) in [6, 6.07) is 13.8. The summed E-state index contributed by atoms with van der Waals surface area (Å²) in [6.07, 6.45) is 5.48. The Morgan fingerprint density at radius 2 is 2.04 bits per heavy atom. The molecular formula is C19H18N6O. The van der Waals surface area contributed by atoms with Gasteiger partial charge in [0.15, 0.2) is 5.82 Å². The zero-order chi connectivity index (χ0) is 17.9. The van der Waals surface area contributed by atoms with Crippen molar-refractivity contribution in [1.29, 1.82) is 0 Å². The molecule has 7 heteroatoms. The Morgan fingerprint density at radius 1 is 1.19 bits per heavy atom. The predicted octanol–water partition coefficient (Wildman–Crippen LogP) is 3.83. The average Bonchev–Trinajstić information content (AvgIpc) is 3.42. The van der Waals surface area contributed by atoms with Crippen LogP contribution in [0.5, 0.6) is 0 Å². The van der Waals surface area contributed by atoms with Crippen LogP contribution in [0.4, 0.5) is 0 Å². The zero-order valence-electron chi connectivity index (χ0n) is 14.5. The van der Waals surface area contributed by atoms with Crippen molar-refractivity contribution >= 4 is 11.6 Å². The summed E-state index contributed by atoms with van der Waals surface area (Å²) in [5.41, 5.74) is 3.98. The molecule has 4 rings (SSSR count). The summed E-state index contributed by atoms with van der Waals surface area (Å²) >= 11 is 0. The van der Waals surface area contributed by atoms with E-state index in [4.69, 9.17) is 4.42 Å². The van der Waals surface area contributed by atoms with Crippen molar-refractivity contribution in [2.75, 3.05) is 0 Å². The van der Waals surface area contributed by atoms with Crippen molar-refractivity contribution in [3.05, 3.63) is 72.3 Å². The van der Waals surface area contributed by atoms with Gasteiger partial charge in [-0.3, -0.25) is 0 Å². The number of nitrogens with one attached hydrogen (secondary N) is 1. The molecule has 0 unspecified atom stereocenters. The maximum absolute atomic E-state index is 5.47. The largest absolute Gasteiger partial charge is 0.465 e. The lowest BCUT2D eigenvalue weighted by Crippen LogP contribution is -2.10. The molecule has 3 aromatic heterocycles. The number of rotatable bonds is 5. The second-order valence-electron chi connectivity index (χ2n) is 6.00. The molecule has 0 saturated carbocycles. The quantitative estimate of drug-likeness (QED) is 0.593. The van der Waals surface area contributed by atoms with Gasteiger partial charge in [-0.1, -0.05) is 35.5 Å². The zero-order valence-corrected chi connectivity index (χ0v) is 14.5. The molecule has 1 N–H and O–H groups in total. The maximum Gasteiger partial charge on any atom is 0.197 e. The van der Waals surface area contributed by atoms with Crippen molar-refractivity contribution in [1.82, 2.24) is 30.2 Å². The minimum atomic E-state index is -0.117. The van der Waals surface area contributed by atoms with Crippen LogP contribution in [-0.2, 0) is 0 Å². The standard InChI is InChI=1S/C19H18N6O/c1-13(11-16-9-6-10-26-16)18-17(15-7-4-3-5-8-15)20-12-25(18)14(2)19-21-23-24-22-19/h3-12,14H,1-2H3,(H,21,22,23,24)/b13-11+/t14-/m1/s1. The number of benzene rings is 1. The van der Waals surface area contributed by atoms with E-state index in [0.717, 1.165) is 28.3 Å². The third-order valence-electron chi connectivity index (χ3n) is 4.27. The fourth-order valence-electron chi connectivity index (χ4n) is 2.98. The number of allylic oxidation sites excluding steroid dienone is 1. The van der Waals surface area contributed by atoms with Crippen LogP contribution in [0.2, 0.25) is 0 Å². The van der Waals surface area contributed by atoms with Gasteiger partial charge in [0.25, 0.3) is 0 Å². The van der Waals surface area contributed by atoms with Crippen LogP contribution in [0.25, 0.3) is 22.9 Å². The molecule has 1 aromatic carbocycles. The van der Waals surface area contributed by atoms with E-state index in [1.54, 1.807) is 6.26 Å². The maximum atomic E-state index is 5.47. The number of furan rings is 1. The average molecular weight is 346 g/mol. The molecule has 3 heterocycles. The van der Waals surface area contributed by atoms with Crippen LogP contribution >= 0.6 is 0 Å². The first-order chi connectivity index (χ1) is 12.7. The van der Waals surface area contributed by atoms with Crippen molar-refractivity contribution in [3.63, 3.8) is 0 Å². The summed E-state index contributed by atoms with van der Waals surface area (Å²) in [5, 5.41) is 14.4. The Labute approximate surface area is 150 Å². The first-order valence-corrected chi connectivity index (χ1v) is 8.32. The number of hydrogen-bond donors (Lipinski definition) is 1. The summed E-state index contributed by atoms with van der Waals surface area (Å²) in [4.78, 5) is 4.67. The topological polar surface area (TPSA) is 85.4 Å². The van der Waals surface area contributed by atoms with Crippen LogP contribution in [0.3, 0.4) is 0 Å². The Balaban J connectivity index is 1.86. The van der Waals surface area contributed by atoms with Crippen molar-refractivity contribution < 1.29 is 4.42 Å². The first kappa shape index (κ1) is 16.0. The molecule has 0 radical (unpaired) electrons. The molecule has 0 amide bonds. The van der Waals surface area contributed by atoms with Crippen LogP contribution < -0.4 is 0 Å².